The third kappa shape index (κ3) is 12.5. The molecule has 196 valence electrons. The van der Waals surface area contributed by atoms with Gasteiger partial charge in [0.25, 0.3) is 0 Å². The monoisotopic (exact) mass is 784 g/mol. The molecule has 3 heteroatoms. The van der Waals surface area contributed by atoms with E-state index in [0.29, 0.717) is 0 Å². The molecular weight excluding hydrogens is 716 g/mol. The normalized spacial score (nSPS) is 14.4. The number of unbranched alkanes of at least 4 members (excludes halogenated alkanes) is 6. The summed E-state index contributed by atoms with van der Waals surface area (Å²) >= 11 is -4.98. The quantitative estimate of drug-likeness (QED) is 0.0856. The fraction of sp³-hybridized carbons (Fsp3) is 0.933. The second kappa shape index (κ2) is 22.1. The fourth-order valence-corrected chi connectivity index (χ4v) is 85.2. The van der Waals surface area contributed by atoms with Crippen LogP contribution in [0, 0.1) is 0 Å². The van der Waals surface area contributed by atoms with Crippen LogP contribution in [0.15, 0.2) is 10.7 Å². The van der Waals surface area contributed by atoms with E-state index in [1.54, 1.807) is 71.6 Å². The second-order valence-electron chi connectivity index (χ2n) is 11.2. The molecule has 0 amide bonds. The predicted molar refractivity (Wildman–Crippen MR) is 164 cm³/mol. The van der Waals surface area contributed by atoms with Crippen LogP contribution in [-0.4, -0.2) is 57.9 Å². The fourth-order valence-electron chi connectivity index (χ4n) is 6.81. The van der Waals surface area contributed by atoms with Crippen molar-refractivity contribution in [3.8, 4) is 0 Å². The van der Waals surface area contributed by atoms with Gasteiger partial charge < -0.3 is 0 Å². The van der Waals surface area contributed by atoms with Gasteiger partial charge in [-0.1, -0.05) is 0 Å². The summed E-state index contributed by atoms with van der Waals surface area (Å²) in [5.41, 5.74) is 0. The molecular formula is C30H64Sn3. The van der Waals surface area contributed by atoms with Crippen molar-refractivity contribution < 1.29 is 0 Å². The van der Waals surface area contributed by atoms with E-state index in [1.807, 2.05) is 0 Å². The van der Waals surface area contributed by atoms with Gasteiger partial charge in [0.15, 0.2) is 0 Å². The summed E-state index contributed by atoms with van der Waals surface area (Å²) in [4.78, 5) is 0. The third-order valence-electron chi connectivity index (χ3n) is 8.76. The van der Waals surface area contributed by atoms with Gasteiger partial charge in [-0.15, -0.1) is 0 Å². The van der Waals surface area contributed by atoms with Crippen LogP contribution in [0.25, 0.3) is 0 Å². The van der Waals surface area contributed by atoms with E-state index in [1.165, 1.54) is 44.4 Å². The molecule has 0 bridgehead atoms. The Balaban J connectivity index is 6.62. The molecule has 0 N–H and O–H groups in total. The van der Waals surface area contributed by atoms with Gasteiger partial charge in [0, 0.05) is 0 Å². The Kier molecular flexibility index (Phi) is 23.6. The predicted octanol–water partition coefficient (Wildman–Crippen LogP) is 11.6. The van der Waals surface area contributed by atoms with Gasteiger partial charge in [0.2, 0.25) is 0 Å². The average molecular weight is 781 g/mol. The van der Waals surface area contributed by atoms with Crippen molar-refractivity contribution in [2.75, 3.05) is 0 Å². The van der Waals surface area contributed by atoms with Crippen molar-refractivity contribution >= 4 is 57.9 Å². The molecule has 0 aromatic rings. The first-order valence-corrected chi connectivity index (χ1v) is 34.1. The standard InChI is InChI=1S/6C4H9.C4H7.C2H3.3Sn/c7*1-3-4-2;1-2;;;/h6*1,3-4H2,2H3;1,3H,4H2,2H3;1H,2H2;;;. The van der Waals surface area contributed by atoms with Gasteiger partial charge in [0.05, 0.1) is 0 Å². The molecule has 0 aliphatic heterocycles. The zero-order chi connectivity index (χ0) is 25.0. The topological polar surface area (TPSA) is 0 Å². The van der Waals surface area contributed by atoms with Crippen LogP contribution in [0.3, 0.4) is 0 Å². The molecule has 0 nitrogen and oxygen atoms in total. The van der Waals surface area contributed by atoms with Crippen molar-refractivity contribution in [2.45, 2.75) is 164 Å². The maximum absolute atomic E-state index is 4.47. The molecule has 0 fully saturated rings. The molecule has 2 radical (unpaired) electrons. The Hall–Kier alpha value is 2.14. The van der Waals surface area contributed by atoms with Crippen LogP contribution in [0.4, 0.5) is 0 Å². The van der Waals surface area contributed by atoms with E-state index in [0.717, 1.165) is 0 Å². The van der Waals surface area contributed by atoms with Gasteiger partial charge in [-0.05, 0) is 0 Å². The van der Waals surface area contributed by atoms with E-state index in [2.05, 4.69) is 59.1 Å². The molecule has 0 aliphatic carbocycles. The Morgan fingerprint density at radius 2 is 0.848 bits per heavy atom. The summed E-state index contributed by atoms with van der Waals surface area (Å²) in [6, 6.07) is 0. The van der Waals surface area contributed by atoms with E-state index in [4.69, 9.17) is 0 Å². The summed E-state index contributed by atoms with van der Waals surface area (Å²) in [6.07, 6.45) is 19.4. The van der Waals surface area contributed by atoms with Crippen molar-refractivity contribution in [3.05, 3.63) is 10.7 Å². The Bertz CT molecular complexity index is 404. The van der Waals surface area contributed by atoms with Gasteiger partial charge in [-0.25, -0.2) is 0 Å². The van der Waals surface area contributed by atoms with E-state index in [-0.39, 0.29) is 0 Å². The number of hydrogen-bond donors (Lipinski definition) is 0. The minimum atomic E-state index is -2.24. The zero-order valence-corrected chi connectivity index (χ0v) is 32.9. The van der Waals surface area contributed by atoms with Crippen LogP contribution in [0.5, 0.6) is 0 Å². The molecule has 2 atom stereocenters. The van der Waals surface area contributed by atoms with Crippen LogP contribution in [-0.2, 0) is 0 Å². The summed E-state index contributed by atoms with van der Waals surface area (Å²) in [5, 5.41) is 0. The molecule has 2 unspecified atom stereocenters. The van der Waals surface area contributed by atoms with Crippen LogP contribution in [0.1, 0.15) is 132 Å². The maximum atomic E-state index is 4.47. The molecule has 0 rings (SSSR count). The first-order valence-electron chi connectivity index (χ1n) is 15.4. The molecule has 0 spiro atoms. The molecule has 0 aromatic carbocycles. The first kappa shape index (κ1) is 35.1. The number of hydrogen-bond acceptors (Lipinski definition) is 0. The summed E-state index contributed by atoms with van der Waals surface area (Å²) < 4.78 is 15.5. The summed E-state index contributed by atoms with van der Waals surface area (Å²) in [6.45, 7) is 21.9. The molecule has 0 saturated heterocycles. The van der Waals surface area contributed by atoms with Gasteiger partial charge in [-0.2, -0.15) is 0 Å². The Morgan fingerprint density at radius 1 is 0.545 bits per heavy atom. The van der Waals surface area contributed by atoms with Crippen LogP contribution >= 0.6 is 0 Å². The Labute approximate surface area is 230 Å². The van der Waals surface area contributed by atoms with Gasteiger partial charge >= 0.3 is 233 Å². The summed E-state index contributed by atoms with van der Waals surface area (Å²) in [7, 11) is 0. The van der Waals surface area contributed by atoms with Gasteiger partial charge in [0.1, 0.15) is 0 Å². The van der Waals surface area contributed by atoms with Crippen molar-refractivity contribution in [2.24, 2.45) is 0 Å². The first-order chi connectivity index (χ1) is 16.0. The minimum absolute atomic E-state index is 0.494. The molecule has 33 heavy (non-hydrogen) atoms. The van der Waals surface area contributed by atoms with E-state index in [9.17, 15) is 0 Å². The molecule has 0 saturated carbocycles. The van der Waals surface area contributed by atoms with E-state index < -0.39 is 57.9 Å². The van der Waals surface area contributed by atoms with Crippen molar-refractivity contribution in [1.29, 1.82) is 0 Å². The van der Waals surface area contributed by atoms with Crippen LogP contribution in [0.2, 0.25) is 32.5 Å². The summed E-state index contributed by atoms with van der Waals surface area (Å²) in [5.74, 6) is 0. The molecule has 0 aromatic heterocycles. The zero-order valence-electron chi connectivity index (χ0n) is 24.4. The molecule has 0 aliphatic rings. The van der Waals surface area contributed by atoms with Crippen LogP contribution < -0.4 is 0 Å². The van der Waals surface area contributed by atoms with Gasteiger partial charge in [-0.3, -0.25) is 0 Å². The second-order valence-corrected chi connectivity index (χ2v) is 47.8. The molecule has 0 heterocycles. The third-order valence-corrected chi connectivity index (χ3v) is 66.6. The van der Waals surface area contributed by atoms with Crippen molar-refractivity contribution in [1.82, 2.24) is 0 Å². The Morgan fingerprint density at radius 3 is 1.09 bits per heavy atom. The average Bonchev–Trinajstić information content (AvgIpc) is 2.84. The van der Waals surface area contributed by atoms with Crippen molar-refractivity contribution in [3.63, 3.8) is 0 Å². The SMILES string of the molecule is C=[CH][Sn][CH]([CH](CC)[Sn]([CH2]CCC)([CH2]CCC)[CH2]CCC)[Sn]([CH2]CCC)([CH2]CCC)[CH2]CCC. The van der Waals surface area contributed by atoms with E-state index >= 15 is 0 Å². The number of rotatable bonds is 24.